The zero-order valence-electron chi connectivity index (χ0n) is 12.5. The van der Waals surface area contributed by atoms with Crippen molar-refractivity contribution in [1.82, 2.24) is 14.9 Å². The lowest BCUT2D eigenvalue weighted by Gasteiger charge is -2.27. The second-order valence-electron chi connectivity index (χ2n) is 5.98. The molecule has 1 aliphatic rings. The van der Waals surface area contributed by atoms with Crippen molar-refractivity contribution in [3.8, 4) is 0 Å². The number of nitrogens with one attached hydrogen (secondary N) is 1. The van der Waals surface area contributed by atoms with Gasteiger partial charge in [-0.3, -0.25) is 0 Å². The van der Waals surface area contributed by atoms with E-state index in [2.05, 4.69) is 23.7 Å². The van der Waals surface area contributed by atoms with Crippen LogP contribution in [0.3, 0.4) is 0 Å². The van der Waals surface area contributed by atoms with Crippen molar-refractivity contribution in [3.63, 3.8) is 0 Å². The molecule has 4 nitrogen and oxygen atoms in total. The number of aryl methyl sites for hydroxylation is 2. The van der Waals surface area contributed by atoms with Gasteiger partial charge in [0.1, 0.15) is 5.82 Å². The Hall–Kier alpha value is -0.870. The molecule has 1 unspecified atom stereocenters. The monoisotopic (exact) mass is 265 g/mol. The molecular formula is C15H27N3O. The Morgan fingerprint density at radius 3 is 2.79 bits per heavy atom. The number of aromatic nitrogens is 2. The Balaban J connectivity index is 1.98. The summed E-state index contributed by atoms with van der Waals surface area (Å²) < 4.78 is 2.39. The van der Waals surface area contributed by atoms with Crippen molar-refractivity contribution in [2.45, 2.75) is 64.5 Å². The maximum absolute atomic E-state index is 9.41. The molecule has 1 aromatic heterocycles. The van der Waals surface area contributed by atoms with Crippen molar-refractivity contribution in [2.75, 3.05) is 13.7 Å². The Morgan fingerprint density at radius 2 is 2.11 bits per heavy atom. The van der Waals surface area contributed by atoms with Gasteiger partial charge in [-0.2, -0.15) is 0 Å². The van der Waals surface area contributed by atoms with Crippen molar-refractivity contribution >= 4 is 0 Å². The fraction of sp³-hybridized carbons (Fsp3) is 0.800. The Bertz CT molecular complexity index is 421. The summed E-state index contributed by atoms with van der Waals surface area (Å²) in [4.78, 5) is 4.70. The quantitative estimate of drug-likeness (QED) is 0.825. The molecule has 1 aromatic rings. The molecular weight excluding hydrogens is 238 g/mol. The van der Waals surface area contributed by atoms with Gasteiger partial charge < -0.3 is 15.0 Å². The van der Waals surface area contributed by atoms with E-state index in [4.69, 9.17) is 4.98 Å². The molecule has 0 saturated carbocycles. The van der Waals surface area contributed by atoms with E-state index in [1.807, 2.05) is 7.05 Å². The first-order chi connectivity index (χ1) is 9.09. The summed E-state index contributed by atoms with van der Waals surface area (Å²) in [6.07, 6.45) is 6.95. The van der Waals surface area contributed by atoms with Crippen molar-refractivity contribution in [3.05, 3.63) is 17.2 Å². The van der Waals surface area contributed by atoms with Gasteiger partial charge in [-0.05, 0) is 59.4 Å². The molecule has 108 valence electrons. The lowest BCUT2D eigenvalue weighted by atomic mass is 9.97. The second-order valence-corrected chi connectivity index (χ2v) is 5.98. The largest absolute Gasteiger partial charge is 0.394 e. The van der Waals surface area contributed by atoms with Gasteiger partial charge >= 0.3 is 0 Å². The van der Waals surface area contributed by atoms with Crippen molar-refractivity contribution < 1.29 is 5.11 Å². The number of likely N-dealkylation sites (N-methyl/N-ethyl adjacent to an activating group) is 1. The lowest BCUT2D eigenvalue weighted by Crippen LogP contribution is -2.43. The third-order valence-electron chi connectivity index (χ3n) is 4.49. The highest BCUT2D eigenvalue weighted by atomic mass is 16.3. The number of fused-ring (bicyclic) bond motifs is 1. The summed E-state index contributed by atoms with van der Waals surface area (Å²) in [5.41, 5.74) is 2.62. The van der Waals surface area contributed by atoms with Crippen LogP contribution in [0.25, 0.3) is 0 Å². The van der Waals surface area contributed by atoms with Gasteiger partial charge in [0.05, 0.1) is 12.3 Å². The molecule has 1 aliphatic carbocycles. The molecule has 4 heteroatoms. The standard InChI is InChI=1S/C15H27N3O/c1-12-17-13-7-4-5-8-14(13)18(12)10-6-9-15(2,11-19)16-3/h16,19H,4-11H2,1-3H3. The van der Waals surface area contributed by atoms with Gasteiger partial charge in [-0.15, -0.1) is 0 Å². The average Bonchev–Trinajstić information content (AvgIpc) is 2.75. The minimum Gasteiger partial charge on any atom is -0.394 e. The topological polar surface area (TPSA) is 50.1 Å². The summed E-state index contributed by atoms with van der Waals surface area (Å²) in [5.74, 6) is 1.15. The Labute approximate surface area is 116 Å². The molecule has 0 aromatic carbocycles. The summed E-state index contributed by atoms with van der Waals surface area (Å²) >= 11 is 0. The van der Waals surface area contributed by atoms with E-state index in [0.29, 0.717) is 0 Å². The molecule has 2 rings (SSSR count). The van der Waals surface area contributed by atoms with Crippen LogP contribution in [-0.4, -0.2) is 33.9 Å². The van der Waals surface area contributed by atoms with Crippen molar-refractivity contribution in [1.29, 1.82) is 0 Å². The SMILES string of the molecule is CNC(C)(CO)CCCn1c(C)nc2c1CCCC2. The van der Waals surface area contributed by atoms with Crippen LogP contribution in [0.1, 0.15) is 49.8 Å². The Morgan fingerprint density at radius 1 is 1.37 bits per heavy atom. The van der Waals surface area contributed by atoms with Gasteiger partial charge in [0, 0.05) is 17.8 Å². The second kappa shape index (κ2) is 6.06. The van der Waals surface area contributed by atoms with E-state index in [1.165, 1.54) is 30.7 Å². The van der Waals surface area contributed by atoms with Gasteiger partial charge in [-0.1, -0.05) is 0 Å². The number of hydrogen-bond donors (Lipinski definition) is 2. The normalized spacial score (nSPS) is 18.1. The molecule has 0 spiro atoms. The minimum absolute atomic E-state index is 0.158. The maximum atomic E-state index is 9.41. The summed E-state index contributed by atoms with van der Waals surface area (Å²) in [6.45, 7) is 5.39. The molecule has 0 saturated heterocycles. The molecule has 0 fully saturated rings. The molecule has 0 amide bonds. The van der Waals surface area contributed by atoms with E-state index >= 15 is 0 Å². The van der Waals surface area contributed by atoms with Crippen LogP contribution in [0.15, 0.2) is 0 Å². The predicted octanol–water partition coefficient (Wildman–Crippen LogP) is 1.82. The highest BCUT2D eigenvalue weighted by molar-refractivity contribution is 5.19. The maximum Gasteiger partial charge on any atom is 0.106 e. The van der Waals surface area contributed by atoms with Crippen LogP contribution >= 0.6 is 0 Å². The first-order valence-electron chi connectivity index (χ1n) is 7.44. The van der Waals surface area contributed by atoms with E-state index in [1.54, 1.807) is 0 Å². The number of aliphatic hydroxyl groups excluding tert-OH is 1. The lowest BCUT2D eigenvalue weighted by molar-refractivity contribution is 0.170. The van der Waals surface area contributed by atoms with Crippen LogP contribution in [0.4, 0.5) is 0 Å². The molecule has 19 heavy (non-hydrogen) atoms. The van der Waals surface area contributed by atoms with Crippen LogP contribution in [0.2, 0.25) is 0 Å². The van der Waals surface area contributed by atoms with Crippen LogP contribution < -0.4 is 5.32 Å². The highest BCUT2D eigenvalue weighted by Crippen LogP contribution is 2.23. The Kier molecular flexibility index (Phi) is 4.63. The number of aliphatic hydroxyl groups is 1. The van der Waals surface area contributed by atoms with Gasteiger partial charge in [0.25, 0.3) is 0 Å². The number of nitrogens with zero attached hydrogens (tertiary/aromatic N) is 2. The number of imidazole rings is 1. The van der Waals surface area contributed by atoms with E-state index in [-0.39, 0.29) is 12.1 Å². The van der Waals surface area contributed by atoms with Crippen molar-refractivity contribution in [2.24, 2.45) is 0 Å². The van der Waals surface area contributed by atoms with E-state index in [0.717, 1.165) is 31.6 Å². The highest BCUT2D eigenvalue weighted by Gasteiger charge is 2.21. The van der Waals surface area contributed by atoms with Gasteiger partial charge in [-0.25, -0.2) is 4.98 Å². The summed E-state index contributed by atoms with van der Waals surface area (Å²) in [5, 5.41) is 12.6. The molecule has 0 radical (unpaired) electrons. The smallest absolute Gasteiger partial charge is 0.106 e. The molecule has 2 N–H and O–H groups in total. The van der Waals surface area contributed by atoms with Gasteiger partial charge in [0.2, 0.25) is 0 Å². The molecule has 1 atom stereocenters. The zero-order valence-corrected chi connectivity index (χ0v) is 12.5. The van der Waals surface area contributed by atoms with Crippen LogP contribution in [0, 0.1) is 6.92 Å². The fourth-order valence-corrected chi connectivity index (χ4v) is 2.94. The third kappa shape index (κ3) is 3.18. The number of hydrogen-bond acceptors (Lipinski definition) is 3. The van der Waals surface area contributed by atoms with E-state index in [9.17, 15) is 5.11 Å². The van der Waals surface area contributed by atoms with Crippen LogP contribution in [0.5, 0.6) is 0 Å². The molecule has 0 aliphatic heterocycles. The molecule has 1 heterocycles. The van der Waals surface area contributed by atoms with E-state index < -0.39 is 0 Å². The number of rotatable bonds is 6. The summed E-state index contributed by atoms with van der Waals surface area (Å²) in [7, 11) is 1.92. The first-order valence-corrected chi connectivity index (χ1v) is 7.44. The fourth-order valence-electron chi connectivity index (χ4n) is 2.94. The summed E-state index contributed by atoms with van der Waals surface area (Å²) in [6, 6.07) is 0. The zero-order chi connectivity index (χ0) is 13.9. The van der Waals surface area contributed by atoms with Crippen LogP contribution in [-0.2, 0) is 19.4 Å². The first kappa shape index (κ1) is 14.5. The van der Waals surface area contributed by atoms with Gasteiger partial charge in [0.15, 0.2) is 0 Å². The predicted molar refractivity (Wildman–Crippen MR) is 77.4 cm³/mol. The third-order valence-corrected chi connectivity index (χ3v) is 4.49. The average molecular weight is 265 g/mol. The minimum atomic E-state index is -0.158. The molecule has 0 bridgehead atoms.